The second kappa shape index (κ2) is 6.10. The molecule has 0 aliphatic rings. The van der Waals surface area contributed by atoms with Crippen LogP contribution in [-0.4, -0.2) is 20.7 Å². The van der Waals surface area contributed by atoms with Crippen molar-refractivity contribution in [2.75, 3.05) is 6.54 Å². The number of Topliss-reactive ketones (excluding diaryl/α,β-unsaturated/α-hetero) is 1. The number of carbonyl (C=O) groups excluding carboxylic acids is 1. The van der Waals surface area contributed by atoms with E-state index >= 15 is 0 Å². The minimum atomic E-state index is -3.70. The second-order valence-electron chi connectivity index (χ2n) is 5.45. The minimum absolute atomic E-state index is 0.0696. The maximum atomic E-state index is 12.4. The fraction of sp³-hybridized carbons (Fsp3) is 0.462. The van der Waals surface area contributed by atoms with E-state index in [1.807, 2.05) is 0 Å². The lowest BCUT2D eigenvalue weighted by atomic mass is 9.86. The smallest absolute Gasteiger partial charge is 0.242 e. The van der Waals surface area contributed by atoms with Crippen LogP contribution in [0.1, 0.15) is 38.1 Å². The van der Waals surface area contributed by atoms with E-state index in [1.54, 1.807) is 27.7 Å². The summed E-state index contributed by atoms with van der Waals surface area (Å²) in [5, 5.41) is 0.687. The zero-order valence-corrected chi connectivity index (χ0v) is 14.7. The van der Waals surface area contributed by atoms with E-state index in [0.29, 0.717) is 10.9 Å². The van der Waals surface area contributed by atoms with Gasteiger partial charge in [0.1, 0.15) is 4.90 Å². The zero-order valence-electron chi connectivity index (χ0n) is 12.0. The highest BCUT2D eigenvalue weighted by molar-refractivity contribution is 7.89. The highest BCUT2D eigenvalue weighted by Crippen LogP contribution is 2.27. The molecule has 7 heteroatoms. The van der Waals surface area contributed by atoms with Crippen LogP contribution in [0, 0.1) is 5.41 Å². The predicted molar refractivity (Wildman–Crippen MR) is 85.4 cm³/mol. The van der Waals surface area contributed by atoms with Gasteiger partial charge < -0.3 is 0 Å². The van der Waals surface area contributed by atoms with Crippen LogP contribution in [0.4, 0.5) is 0 Å². The van der Waals surface area contributed by atoms with Gasteiger partial charge in [-0.1, -0.05) is 39.3 Å². The molecule has 0 amide bonds. The molecule has 0 saturated heterocycles. The maximum absolute atomic E-state index is 12.4. The molecule has 0 bridgehead atoms. The summed E-state index contributed by atoms with van der Waals surface area (Å²) in [5.41, 5.74) is -0.248. The fourth-order valence-corrected chi connectivity index (χ4v) is 3.73. The first kappa shape index (κ1) is 17.6. The lowest BCUT2D eigenvalue weighted by molar-refractivity contribution is 0.0859. The van der Waals surface area contributed by atoms with Crippen molar-refractivity contribution in [1.82, 2.24) is 4.72 Å². The van der Waals surface area contributed by atoms with Crippen molar-refractivity contribution in [1.29, 1.82) is 0 Å². The van der Waals surface area contributed by atoms with Crippen LogP contribution in [0.5, 0.6) is 0 Å². The summed E-state index contributed by atoms with van der Waals surface area (Å²) in [6.07, 6.45) is 0. The van der Waals surface area contributed by atoms with Crippen molar-refractivity contribution in [3.63, 3.8) is 0 Å². The van der Waals surface area contributed by atoms with Crippen LogP contribution in [0.3, 0.4) is 0 Å². The summed E-state index contributed by atoms with van der Waals surface area (Å²) in [7, 11) is -1.28. The molecule has 1 aromatic carbocycles. The molecule has 1 N–H and O–H groups in total. The number of sulfonamides is 1. The molecule has 1 aromatic rings. The van der Waals surface area contributed by atoms with Crippen LogP contribution in [0.2, 0.25) is 5.02 Å². The van der Waals surface area contributed by atoms with Gasteiger partial charge in [-0.3, -0.25) is 4.79 Å². The van der Waals surface area contributed by atoms with Gasteiger partial charge in [0.25, 0.3) is 0 Å². The second-order valence-corrected chi connectivity index (χ2v) is 8.21. The number of carbonyl (C=O) groups is 1. The molecule has 1 atom stereocenters. The molecule has 1 rings (SSSR count). The van der Waals surface area contributed by atoms with Crippen molar-refractivity contribution in [2.45, 2.75) is 32.6 Å². The highest BCUT2D eigenvalue weighted by Gasteiger charge is 2.27. The van der Waals surface area contributed by atoms with Gasteiger partial charge >= 0.3 is 0 Å². The molecule has 4 nitrogen and oxygen atoms in total. The molecule has 0 heterocycles. The molecular weight excluding hydrogens is 317 g/mol. The van der Waals surface area contributed by atoms with E-state index in [9.17, 15) is 13.2 Å². The zero-order chi connectivity index (χ0) is 15.7. The molecule has 20 heavy (non-hydrogen) atoms. The van der Waals surface area contributed by atoms with Crippen LogP contribution in [0.25, 0.3) is 0 Å². The Kier molecular flexibility index (Phi) is 5.36. The van der Waals surface area contributed by atoms with Gasteiger partial charge in [0, 0.05) is 17.5 Å². The largest absolute Gasteiger partial charge is 0.294 e. The number of ketones is 1. The molecule has 0 saturated carbocycles. The molecule has 0 aromatic heterocycles. The van der Waals surface area contributed by atoms with Crippen molar-refractivity contribution < 1.29 is 13.2 Å². The molecule has 0 aliphatic carbocycles. The van der Waals surface area contributed by atoms with Crippen LogP contribution >= 0.6 is 20.8 Å². The fourth-order valence-electron chi connectivity index (χ4n) is 1.64. The minimum Gasteiger partial charge on any atom is -0.294 e. The van der Waals surface area contributed by atoms with Gasteiger partial charge in [-0.05, 0) is 17.4 Å². The Hall–Kier alpha value is -0.480. The number of nitrogens with one attached hydrogen (secondary N) is 1. The van der Waals surface area contributed by atoms with Gasteiger partial charge in [-0.25, -0.2) is 13.1 Å². The number of hydrogen-bond donors (Lipinski definition) is 1. The Bertz CT molecular complexity index is 636. The quantitative estimate of drug-likeness (QED) is 0.678. The van der Waals surface area contributed by atoms with E-state index < -0.39 is 15.4 Å². The third-order valence-corrected chi connectivity index (χ3v) is 5.14. The number of rotatable bonds is 4. The van der Waals surface area contributed by atoms with E-state index in [0.717, 1.165) is 0 Å². The van der Waals surface area contributed by atoms with Crippen LogP contribution in [0.15, 0.2) is 17.0 Å². The lowest BCUT2D eigenvalue weighted by Crippen LogP contribution is -2.27. The third-order valence-electron chi connectivity index (χ3n) is 2.65. The van der Waals surface area contributed by atoms with Crippen LogP contribution in [-0.2, 0) is 10.0 Å². The molecule has 112 valence electrons. The summed E-state index contributed by atoms with van der Waals surface area (Å²) in [6, 6.07) is 2.83. The van der Waals surface area contributed by atoms with Gasteiger partial charge in [0.2, 0.25) is 10.0 Å². The van der Waals surface area contributed by atoms with Gasteiger partial charge in [-0.15, -0.1) is 9.24 Å². The standard InChI is InChI=1S/C13H19ClNO3PS/c1-5-15-20(17,18)11-6-8(10(19)7-9(11)14)12(16)13(2,3)4/h6-7,15H,5,19H2,1-4H3. The lowest BCUT2D eigenvalue weighted by Gasteiger charge is -2.19. The average molecular weight is 336 g/mol. The van der Waals surface area contributed by atoms with Crippen molar-refractivity contribution in [3.05, 3.63) is 22.7 Å². The van der Waals surface area contributed by atoms with E-state index in [-0.39, 0.29) is 22.2 Å². The average Bonchev–Trinajstić information content (AvgIpc) is 2.26. The van der Waals surface area contributed by atoms with Crippen molar-refractivity contribution in [3.8, 4) is 0 Å². The predicted octanol–water partition coefficient (Wildman–Crippen LogP) is 2.37. The Labute approximate surface area is 127 Å². The third kappa shape index (κ3) is 3.79. The molecule has 1 unspecified atom stereocenters. The monoisotopic (exact) mass is 335 g/mol. The number of hydrogen-bond acceptors (Lipinski definition) is 3. The SMILES string of the molecule is CCNS(=O)(=O)c1cc(C(=O)C(C)(C)C)c(P)cc1Cl. The van der Waals surface area contributed by atoms with E-state index in [4.69, 9.17) is 11.6 Å². The topological polar surface area (TPSA) is 63.2 Å². The maximum Gasteiger partial charge on any atom is 0.242 e. The van der Waals surface area contributed by atoms with Gasteiger partial charge in [-0.2, -0.15) is 0 Å². The first-order chi connectivity index (χ1) is 9.00. The summed E-state index contributed by atoms with van der Waals surface area (Å²) in [4.78, 5) is 12.3. The van der Waals surface area contributed by atoms with Crippen molar-refractivity contribution >= 4 is 42.0 Å². The first-order valence-electron chi connectivity index (χ1n) is 6.14. The normalized spacial score (nSPS) is 12.5. The van der Waals surface area contributed by atoms with E-state index in [1.165, 1.54) is 12.1 Å². The summed E-state index contributed by atoms with van der Waals surface area (Å²) < 4.78 is 26.5. The molecule has 0 spiro atoms. The Morgan fingerprint density at radius 3 is 2.35 bits per heavy atom. The first-order valence-corrected chi connectivity index (χ1v) is 8.58. The van der Waals surface area contributed by atoms with E-state index in [2.05, 4.69) is 14.0 Å². The molecular formula is C13H19ClNO3PS. The number of halogens is 1. The summed E-state index contributed by atoms with van der Waals surface area (Å²) in [6.45, 7) is 7.28. The summed E-state index contributed by atoms with van der Waals surface area (Å²) in [5.74, 6) is -0.132. The summed E-state index contributed by atoms with van der Waals surface area (Å²) >= 11 is 6.00. The van der Waals surface area contributed by atoms with Crippen molar-refractivity contribution in [2.24, 2.45) is 5.41 Å². The Morgan fingerprint density at radius 2 is 1.90 bits per heavy atom. The molecule has 0 fully saturated rings. The Morgan fingerprint density at radius 1 is 1.35 bits per heavy atom. The van der Waals surface area contributed by atoms with Crippen LogP contribution < -0.4 is 10.0 Å². The number of benzene rings is 1. The van der Waals surface area contributed by atoms with Gasteiger partial charge in [0.15, 0.2) is 5.78 Å². The molecule has 0 radical (unpaired) electrons. The van der Waals surface area contributed by atoms with Gasteiger partial charge in [0.05, 0.1) is 5.02 Å². The Balaban J connectivity index is 3.49. The highest BCUT2D eigenvalue weighted by atomic mass is 35.5. The molecule has 0 aliphatic heterocycles.